The van der Waals surface area contributed by atoms with Gasteiger partial charge in [-0.25, -0.2) is 14.4 Å². The van der Waals surface area contributed by atoms with Gasteiger partial charge in [-0.2, -0.15) is 0 Å². The van der Waals surface area contributed by atoms with E-state index in [-0.39, 0.29) is 11.7 Å². The second-order valence-electron chi connectivity index (χ2n) is 8.03. The Morgan fingerprint density at radius 2 is 2.07 bits per heavy atom. The summed E-state index contributed by atoms with van der Waals surface area (Å²) in [7, 11) is 0. The van der Waals surface area contributed by atoms with E-state index in [4.69, 9.17) is 0 Å². The number of amides is 1. The Morgan fingerprint density at radius 1 is 1.32 bits per heavy atom. The average molecular weight is 384 g/mol. The van der Waals surface area contributed by atoms with Gasteiger partial charge < -0.3 is 10.2 Å². The lowest BCUT2D eigenvalue weighted by Crippen LogP contribution is -2.37. The molecule has 5 nitrogen and oxygen atoms in total. The van der Waals surface area contributed by atoms with Gasteiger partial charge in [0.05, 0.1) is 11.3 Å². The summed E-state index contributed by atoms with van der Waals surface area (Å²) in [6.07, 6.45) is 3.88. The van der Waals surface area contributed by atoms with Crippen molar-refractivity contribution < 1.29 is 9.18 Å². The Kier molecular flexibility index (Phi) is 6.73. The lowest BCUT2D eigenvalue weighted by Gasteiger charge is -2.33. The number of piperidine rings is 1. The van der Waals surface area contributed by atoms with Crippen molar-refractivity contribution in [3.8, 4) is 0 Å². The summed E-state index contributed by atoms with van der Waals surface area (Å²) in [5.41, 5.74) is 2.03. The molecule has 0 saturated carbocycles. The van der Waals surface area contributed by atoms with Gasteiger partial charge >= 0.3 is 0 Å². The zero-order chi connectivity index (χ0) is 20.1. The molecule has 0 spiro atoms. The minimum Gasteiger partial charge on any atom is -0.348 e. The number of likely N-dealkylation sites (tertiary alicyclic amines) is 1. The molecule has 0 unspecified atom stereocenters. The predicted octanol–water partition coefficient (Wildman–Crippen LogP) is 3.69. The summed E-state index contributed by atoms with van der Waals surface area (Å²) < 4.78 is 13.0. The van der Waals surface area contributed by atoms with Crippen LogP contribution in [0.1, 0.15) is 60.0 Å². The van der Waals surface area contributed by atoms with E-state index in [1.165, 1.54) is 12.1 Å². The molecule has 0 bridgehead atoms. The third-order valence-electron chi connectivity index (χ3n) is 5.10. The third-order valence-corrected chi connectivity index (χ3v) is 5.10. The van der Waals surface area contributed by atoms with Gasteiger partial charge in [-0.1, -0.05) is 26.0 Å². The van der Waals surface area contributed by atoms with Crippen LogP contribution in [0.15, 0.2) is 30.5 Å². The number of aryl methyl sites for hydroxylation is 1. The second-order valence-corrected chi connectivity index (χ2v) is 8.03. The first-order valence-corrected chi connectivity index (χ1v) is 10.0. The van der Waals surface area contributed by atoms with Crippen LogP contribution in [0.4, 0.5) is 4.39 Å². The normalized spacial score (nSPS) is 17.7. The maximum atomic E-state index is 13.0. The van der Waals surface area contributed by atoms with Crippen LogP contribution in [0.5, 0.6) is 0 Å². The van der Waals surface area contributed by atoms with Crippen LogP contribution in [-0.2, 0) is 6.54 Å². The number of hydrogen-bond donors (Lipinski definition) is 1. The summed E-state index contributed by atoms with van der Waals surface area (Å²) >= 11 is 0. The summed E-state index contributed by atoms with van der Waals surface area (Å²) in [6, 6.07) is 6.09. The number of nitrogens with one attached hydrogen (secondary N) is 1. The van der Waals surface area contributed by atoms with Crippen molar-refractivity contribution in [1.82, 2.24) is 20.2 Å². The molecule has 2 heterocycles. The van der Waals surface area contributed by atoms with E-state index in [9.17, 15) is 9.18 Å². The van der Waals surface area contributed by atoms with Crippen molar-refractivity contribution in [2.24, 2.45) is 5.92 Å². The highest BCUT2D eigenvalue weighted by Gasteiger charge is 2.24. The molecule has 1 aromatic carbocycles. The van der Waals surface area contributed by atoms with Crippen molar-refractivity contribution in [3.63, 3.8) is 0 Å². The molecule has 1 fully saturated rings. The smallest absolute Gasteiger partial charge is 0.254 e. The van der Waals surface area contributed by atoms with Gasteiger partial charge in [0.2, 0.25) is 0 Å². The summed E-state index contributed by atoms with van der Waals surface area (Å²) in [6.45, 7) is 9.89. The molecule has 1 amide bonds. The summed E-state index contributed by atoms with van der Waals surface area (Å²) in [4.78, 5) is 24.1. The van der Waals surface area contributed by atoms with Gasteiger partial charge in [-0.15, -0.1) is 0 Å². The maximum Gasteiger partial charge on any atom is 0.254 e. The van der Waals surface area contributed by atoms with E-state index in [0.29, 0.717) is 29.6 Å². The zero-order valence-corrected chi connectivity index (χ0v) is 16.9. The summed E-state index contributed by atoms with van der Waals surface area (Å²) in [5, 5.41) is 2.85. The Hall–Kier alpha value is -2.34. The van der Waals surface area contributed by atoms with Crippen LogP contribution < -0.4 is 5.32 Å². The van der Waals surface area contributed by atoms with Crippen molar-refractivity contribution in [1.29, 1.82) is 0 Å². The summed E-state index contributed by atoms with van der Waals surface area (Å²) in [5.74, 6) is 1.31. The molecule has 1 aromatic heterocycles. The topological polar surface area (TPSA) is 58.1 Å². The van der Waals surface area contributed by atoms with Crippen molar-refractivity contribution in [2.45, 2.75) is 46.1 Å². The fraction of sp³-hybridized carbons (Fsp3) is 0.500. The van der Waals surface area contributed by atoms with E-state index in [1.807, 2.05) is 6.92 Å². The molecule has 1 N–H and O–H groups in total. The highest BCUT2D eigenvalue weighted by atomic mass is 19.1. The molecule has 1 atom stereocenters. The molecule has 1 aliphatic heterocycles. The van der Waals surface area contributed by atoms with Gasteiger partial charge in [0.15, 0.2) is 0 Å². The van der Waals surface area contributed by atoms with E-state index in [1.54, 1.807) is 18.3 Å². The van der Waals surface area contributed by atoms with Crippen LogP contribution in [0, 0.1) is 18.7 Å². The number of carbonyl (C=O) groups is 1. The molecule has 1 aliphatic rings. The van der Waals surface area contributed by atoms with Gasteiger partial charge in [0, 0.05) is 31.7 Å². The SMILES string of the molecule is Cc1nc([C@@H]2CCCN(CC(C)C)C2)ncc1C(=O)NCc1ccc(F)cc1. The molecule has 0 aliphatic carbocycles. The number of aromatic nitrogens is 2. The van der Waals surface area contributed by atoms with Crippen molar-refractivity contribution in [3.05, 3.63) is 58.9 Å². The second kappa shape index (κ2) is 9.24. The van der Waals surface area contributed by atoms with Crippen molar-refractivity contribution >= 4 is 5.91 Å². The minimum atomic E-state index is -0.287. The Balaban J connectivity index is 1.63. The first-order valence-electron chi connectivity index (χ1n) is 10.0. The number of nitrogens with zero attached hydrogens (tertiary/aromatic N) is 3. The van der Waals surface area contributed by atoms with Crippen LogP contribution in [0.3, 0.4) is 0 Å². The first kappa shape index (κ1) is 20.4. The lowest BCUT2D eigenvalue weighted by atomic mass is 9.96. The molecule has 28 heavy (non-hydrogen) atoms. The van der Waals surface area contributed by atoms with Crippen LogP contribution in [0.2, 0.25) is 0 Å². The number of rotatable bonds is 6. The molecule has 1 saturated heterocycles. The van der Waals surface area contributed by atoms with Crippen LogP contribution in [-0.4, -0.2) is 40.4 Å². The zero-order valence-electron chi connectivity index (χ0n) is 16.9. The van der Waals surface area contributed by atoms with Gasteiger partial charge in [0.25, 0.3) is 5.91 Å². The average Bonchev–Trinajstić information content (AvgIpc) is 2.67. The molecule has 2 aromatic rings. The number of benzene rings is 1. The quantitative estimate of drug-likeness (QED) is 0.825. The van der Waals surface area contributed by atoms with Gasteiger partial charge in [-0.3, -0.25) is 4.79 Å². The highest BCUT2D eigenvalue weighted by molar-refractivity contribution is 5.94. The Labute approximate surface area is 166 Å². The van der Waals surface area contributed by atoms with Crippen LogP contribution in [0.25, 0.3) is 0 Å². The molecular weight excluding hydrogens is 355 g/mol. The highest BCUT2D eigenvalue weighted by Crippen LogP contribution is 2.25. The minimum absolute atomic E-state index is 0.210. The molecule has 3 rings (SSSR count). The van der Waals surface area contributed by atoms with E-state index in [0.717, 1.165) is 43.9 Å². The Bertz CT molecular complexity index is 807. The van der Waals surface area contributed by atoms with E-state index >= 15 is 0 Å². The number of hydrogen-bond acceptors (Lipinski definition) is 4. The molecular formula is C22H29FN4O. The molecule has 0 radical (unpaired) electrons. The maximum absolute atomic E-state index is 13.0. The number of halogens is 1. The fourth-order valence-corrected chi connectivity index (χ4v) is 3.73. The predicted molar refractivity (Wildman–Crippen MR) is 108 cm³/mol. The lowest BCUT2D eigenvalue weighted by molar-refractivity contribution is 0.0949. The standard InChI is InChI=1S/C22H29FN4O/c1-15(2)13-27-10-4-5-18(14-27)21-24-12-20(16(3)26-21)22(28)25-11-17-6-8-19(23)9-7-17/h6-9,12,15,18H,4-5,10-11,13-14H2,1-3H3,(H,25,28)/t18-/m1/s1. The van der Waals surface area contributed by atoms with E-state index < -0.39 is 0 Å². The monoisotopic (exact) mass is 384 g/mol. The Morgan fingerprint density at radius 3 is 2.75 bits per heavy atom. The molecule has 150 valence electrons. The van der Waals surface area contributed by atoms with E-state index in [2.05, 4.69) is 34.0 Å². The molecule has 6 heteroatoms. The van der Waals surface area contributed by atoms with Gasteiger partial charge in [-0.05, 0) is 49.9 Å². The third kappa shape index (κ3) is 5.35. The first-order chi connectivity index (χ1) is 13.4. The number of carbonyl (C=O) groups excluding carboxylic acids is 1. The van der Waals surface area contributed by atoms with Gasteiger partial charge in [0.1, 0.15) is 11.6 Å². The van der Waals surface area contributed by atoms with Crippen LogP contribution >= 0.6 is 0 Å². The van der Waals surface area contributed by atoms with Crippen molar-refractivity contribution in [2.75, 3.05) is 19.6 Å². The largest absolute Gasteiger partial charge is 0.348 e. The fourth-order valence-electron chi connectivity index (χ4n) is 3.73.